The van der Waals surface area contributed by atoms with E-state index in [2.05, 4.69) is 37.0 Å². The molecule has 0 amide bonds. The fourth-order valence-corrected chi connectivity index (χ4v) is 3.44. The van der Waals surface area contributed by atoms with Crippen LogP contribution in [0.15, 0.2) is 74.4 Å². The summed E-state index contributed by atoms with van der Waals surface area (Å²) in [6.07, 6.45) is -8.98. The van der Waals surface area contributed by atoms with E-state index in [1.807, 2.05) is 5.10 Å². The largest absolute Gasteiger partial charge is 0.432 e. The SMILES string of the molecule is C.C.C.FC(F)(F)c1cc(=S)n(-c2ccc(Br)cc2)[nH]1.O=c1cc(C(F)(F)F)[nH]n1-c1ccc(Br)cc1. The average molecular weight is 678 g/mol. The quantitative estimate of drug-likeness (QED) is 0.164. The molecule has 0 aliphatic heterocycles. The summed E-state index contributed by atoms with van der Waals surface area (Å²) in [5.74, 6) is 0. The number of H-pyrrole nitrogens is 2. The summed E-state index contributed by atoms with van der Waals surface area (Å²) in [4.78, 5) is 11.4. The zero-order chi connectivity index (χ0) is 25.3. The number of benzene rings is 2. The normalized spacial score (nSPS) is 10.8. The van der Waals surface area contributed by atoms with E-state index in [-0.39, 0.29) is 26.9 Å². The number of rotatable bonds is 2. The minimum atomic E-state index is -4.56. The topological polar surface area (TPSA) is 58.5 Å². The molecule has 2 aromatic carbocycles. The third kappa shape index (κ3) is 8.75. The van der Waals surface area contributed by atoms with Gasteiger partial charge in [-0.25, -0.2) is 9.36 Å². The molecule has 0 unspecified atom stereocenters. The van der Waals surface area contributed by atoms with Crippen LogP contribution in [-0.2, 0) is 12.4 Å². The van der Waals surface area contributed by atoms with Crippen molar-refractivity contribution in [3.63, 3.8) is 0 Å². The first-order valence-electron chi connectivity index (χ1n) is 9.06. The van der Waals surface area contributed by atoms with Crippen LogP contribution in [0.3, 0.4) is 0 Å². The van der Waals surface area contributed by atoms with Gasteiger partial charge in [-0.05, 0) is 48.5 Å². The Bertz CT molecular complexity index is 1280. The highest BCUT2D eigenvalue weighted by molar-refractivity contribution is 9.10. The van der Waals surface area contributed by atoms with Gasteiger partial charge in [-0.3, -0.25) is 15.0 Å². The molecule has 5 nitrogen and oxygen atoms in total. The Kier molecular flexibility index (Phi) is 12.4. The molecule has 2 N–H and O–H groups in total. The van der Waals surface area contributed by atoms with Crippen LogP contribution >= 0.6 is 44.1 Å². The van der Waals surface area contributed by atoms with Crippen molar-refractivity contribution in [2.45, 2.75) is 34.6 Å². The lowest BCUT2D eigenvalue weighted by Gasteiger charge is -2.05. The van der Waals surface area contributed by atoms with Crippen molar-refractivity contribution < 1.29 is 26.3 Å². The maximum absolute atomic E-state index is 12.5. The third-order valence-corrected chi connectivity index (χ3v) is 5.58. The molecular formula is C23H24Br2F6N4OS. The minimum absolute atomic E-state index is 0. The summed E-state index contributed by atoms with van der Waals surface area (Å²) in [5.41, 5.74) is -1.78. The molecule has 0 radical (unpaired) electrons. The number of alkyl halides is 6. The number of hydrogen-bond donors (Lipinski definition) is 2. The number of nitrogens with zero attached hydrogens (tertiary/aromatic N) is 2. The van der Waals surface area contributed by atoms with Gasteiger partial charge in [0.15, 0.2) is 0 Å². The van der Waals surface area contributed by atoms with E-state index in [4.69, 9.17) is 12.2 Å². The van der Waals surface area contributed by atoms with Crippen LogP contribution in [0.4, 0.5) is 26.3 Å². The summed E-state index contributed by atoms with van der Waals surface area (Å²) in [5, 5.41) is 4.25. The molecule has 2 aromatic heterocycles. The zero-order valence-electron chi connectivity index (χ0n) is 16.5. The van der Waals surface area contributed by atoms with Gasteiger partial charge in [-0.15, -0.1) is 0 Å². The van der Waals surface area contributed by atoms with Crippen LogP contribution in [0, 0.1) is 4.64 Å². The van der Waals surface area contributed by atoms with Crippen LogP contribution in [0.5, 0.6) is 0 Å². The van der Waals surface area contributed by atoms with Gasteiger partial charge in [-0.1, -0.05) is 66.4 Å². The van der Waals surface area contributed by atoms with Crippen LogP contribution in [0.1, 0.15) is 33.7 Å². The van der Waals surface area contributed by atoms with Crippen molar-refractivity contribution in [3.8, 4) is 11.4 Å². The molecule has 4 aromatic rings. The first-order chi connectivity index (χ1) is 15.8. The van der Waals surface area contributed by atoms with Gasteiger partial charge in [0.1, 0.15) is 16.0 Å². The van der Waals surface area contributed by atoms with Crippen molar-refractivity contribution in [1.82, 2.24) is 19.6 Å². The van der Waals surface area contributed by atoms with Crippen molar-refractivity contribution in [1.29, 1.82) is 0 Å². The Morgan fingerprint density at radius 2 is 1.00 bits per heavy atom. The van der Waals surface area contributed by atoms with E-state index in [1.54, 1.807) is 36.4 Å². The van der Waals surface area contributed by atoms with Crippen LogP contribution in [0.2, 0.25) is 0 Å². The Hall–Kier alpha value is -2.58. The van der Waals surface area contributed by atoms with E-state index in [0.29, 0.717) is 17.4 Å². The summed E-state index contributed by atoms with van der Waals surface area (Å²) in [6, 6.07) is 14.5. The first-order valence-corrected chi connectivity index (χ1v) is 11.1. The predicted octanol–water partition coefficient (Wildman–Crippen LogP) is 9.17. The highest BCUT2D eigenvalue weighted by Gasteiger charge is 2.34. The van der Waals surface area contributed by atoms with E-state index < -0.39 is 29.3 Å². The Morgan fingerprint density at radius 1 is 0.649 bits per heavy atom. The first kappa shape index (κ1) is 34.4. The van der Waals surface area contributed by atoms with Crippen molar-refractivity contribution in [2.75, 3.05) is 0 Å². The maximum atomic E-state index is 12.5. The van der Waals surface area contributed by atoms with Crippen molar-refractivity contribution >= 4 is 44.1 Å². The van der Waals surface area contributed by atoms with Crippen molar-refractivity contribution in [3.05, 3.63) is 96.0 Å². The molecule has 0 fully saturated rings. The lowest BCUT2D eigenvalue weighted by molar-refractivity contribution is -0.142. The summed E-state index contributed by atoms with van der Waals surface area (Å²) in [7, 11) is 0. The van der Waals surface area contributed by atoms with Crippen LogP contribution in [-0.4, -0.2) is 19.6 Å². The highest BCUT2D eigenvalue weighted by atomic mass is 79.9. The van der Waals surface area contributed by atoms with E-state index in [1.165, 1.54) is 16.8 Å². The zero-order valence-corrected chi connectivity index (χ0v) is 20.5. The molecule has 0 saturated carbocycles. The van der Waals surface area contributed by atoms with Gasteiger partial charge in [0, 0.05) is 21.1 Å². The average Bonchev–Trinajstić information content (AvgIpc) is 3.33. The molecule has 14 heteroatoms. The highest BCUT2D eigenvalue weighted by Crippen LogP contribution is 2.29. The molecule has 0 bridgehead atoms. The van der Waals surface area contributed by atoms with E-state index >= 15 is 0 Å². The monoisotopic (exact) mass is 676 g/mol. The second kappa shape index (κ2) is 13.3. The van der Waals surface area contributed by atoms with Gasteiger partial charge >= 0.3 is 12.4 Å². The smallest absolute Gasteiger partial charge is 0.288 e. The van der Waals surface area contributed by atoms with Gasteiger partial charge in [0.2, 0.25) is 0 Å². The van der Waals surface area contributed by atoms with E-state index in [9.17, 15) is 31.1 Å². The fourth-order valence-electron chi connectivity index (χ4n) is 2.65. The standard InChI is InChI=1S/C10H6BrF3N2O.C10H6BrF3N2S.3CH4/c2*11-6-1-3-7(4-2-6)16-9(17)5-8(15-16)10(12,13)14;;;/h2*1-5,15H;3*1H4. The van der Waals surface area contributed by atoms with Gasteiger partial charge < -0.3 is 0 Å². The van der Waals surface area contributed by atoms with E-state index in [0.717, 1.165) is 19.7 Å². The number of aromatic amines is 2. The molecule has 2 heterocycles. The van der Waals surface area contributed by atoms with Crippen LogP contribution in [0.25, 0.3) is 11.4 Å². The van der Waals surface area contributed by atoms with Gasteiger partial charge in [0.25, 0.3) is 5.56 Å². The summed E-state index contributed by atoms with van der Waals surface area (Å²) < 4.78 is 78.3. The van der Waals surface area contributed by atoms with Gasteiger partial charge in [0.05, 0.1) is 11.4 Å². The Balaban J connectivity index is 0.000000648. The second-order valence-electron chi connectivity index (χ2n) is 6.64. The second-order valence-corrected chi connectivity index (χ2v) is 8.88. The summed E-state index contributed by atoms with van der Waals surface area (Å²) in [6.45, 7) is 0. The molecule has 0 aliphatic rings. The molecule has 0 aliphatic carbocycles. The Labute approximate surface area is 231 Å². The molecule has 0 spiro atoms. The van der Waals surface area contributed by atoms with Crippen molar-refractivity contribution in [2.24, 2.45) is 0 Å². The predicted molar refractivity (Wildman–Crippen MR) is 143 cm³/mol. The lowest BCUT2D eigenvalue weighted by atomic mass is 10.3. The molecule has 204 valence electrons. The molecule has 0 saturated heterocycles. The number of halogens is 8. The molecular weight excluding hydrogens is 654 g/mol. The van der Waals surface area contributed by atoms with Crippen LogP contribution < -0.4 is 5.56 Å². The fraction of sp³-hybridized carbons (Fsp3) is 0.217. The molecule has 0 atom stereocenters. The Morgan fingerprint density at radius 3 is 1.35 bits per heavy atom. The number of aromatic nitrogens is 4. The number of nitrogens with one attached hydrogen (secondary N) is 2. The summed E-state index contributed by atoms with van der Waals surface area (Å²) >= 11 is 11.3. The number of hydrogen-bond acceptors (Lipinski definition) is 2. The lowest BCUT2D eigenvalue weighted by Crippen LogP contribution is -2.13. The maximum Gasteiger partial charge on any atom is 0.432 e. The third-order valence-electron chi connectivity index (χ3n) is 4.22. The molecule has 37 heavy (non-hydrogen) atoms. The molecule has 4 rings (SSSR count). The minimum Gasteiger partial charge on any atom is -0.288 e. The van der Waals surface area contributed by atoms with Gasteiger partial charge in [-0.2, -0.15) is 26.3 Å².